The summed E-state index contributed by atoms with van der Waals surface area (Å²) < 4.78 is 0. The van der Waals surface area contributed by atoms with E-state index in [0.29, 0.717) is 22.5 Å². The number of anilines is 1. The molecule has 0 aliphatic rings. The second-order valence-corrected chi connectivity index (χ2v) is 6.46. The van der Waals surface area contributed by atoms with Gasteiger partial charge in [0.25, 0.3) is 0 Å². The molecule has 5 nitrogen and oxygen atoms in total. The van der Waals surface area contributed by atoms with Crippen molar-refractivity contribution >= 4 is 59.0 Å². The lowest BCUT2D eigenvalue weighted by atomic mass is 10.1. The van der Waals surface area contributed by atoms with E-state index in [1.54, 1.807) is 18.3 Å². The molecule has 25 heavy (non-hydrogen) atoms. The number of nitrogens with zero attached hydrogens (tertiary/aromatic N) is 3. The standard InChI is InChI=1S/C17H21Cl2N5.HI/c1-11(14-7-6-13(18)9-15(14)19)23-17(20)22-10-12-5-4-8-21-16(12)24(2)3;/h4-9,11H,10H2,1-3H3,(H3,20,22,23);1H. The zero-order chi connectivity index (χ0) is 17.7. The minimum atomic E-state index is -0.0827. The van der Waals surface area contributed by atoms with E-state index < -0.39 is 0 Å². The van der Waals surface area contributed by atoms with Crippen LogP contribution in [0.3, 0.4) is 0 Å². The Balaban J connectivity index is 0.00000312. The fourth-order valence-electron chi connectivity index (χ4n) is 2.32. The molecule has 8 heteroatoms. The van der Waals surface area contributed by atoms with Crippen molar-refractivity contribution in [3.63, 3.8) is 0 Å². The van der Waals surface area contributed by atoms with Gasteiger partial charge < -0.3 is 16.0 Å². The molecule has 0 radical (unpaired) electrons. The van der Waals surface area contributed by atoms with Gasteiger partial charge in [0, 0.05) is 35.9 Å². The van der Waals surface area contributed by atoms with Crippen LogP contribution < -0.4 is 16.0 Å². The van der Waals surface area contributed by atoms with Crippen LogP contribution in [0.4, 0.5) is 5.82 Å². The number of nitrogens with two attached hydrogens (primary N) is 1. The topological polar surface area (TPSA) is 66.5 Å². The molecule has 3 N–H and O–H groups in total. The summed E-state index contributed by atoms with van der Waals surface area (Å²) in [6.45, 7) is 2.41. The zero-order valence-corrected chi connectivity index (χ0v) is 18.2. The summed E-state index contributed by atoms with van der Waals surface area (Å²) in [5.74, 6) is 1.23. The van der Waals surface area contributed by atoms with Crippen molar-refractivity contribution in [2.45, 2.75) is 19.5 Å². The van der Waals surface area contributed by atoms with Crippen LogP contribution in [0.15, 0.2) is 41.5 Å². The lowest BCUT2D eigenvalue weighted by Gasteiger charge is -2.17. The van der Waals surface area contributed by atoms with Crippen LogP contribution in [0, 0.1) is 0 Å². The molecule has 1 heterocycles. The fourth-order valence-corrected chi connectivity index (χ4v) is 2.90. The highest BCUT2D eigenvalue weighted by molar-refractivity contribution is 14.0. The lowest BCUT2D eigenvalue weighted by molar-refractivity contribution is 0.708. The summed E-state index contributed by atoms with van der Waals surface area (Å²) >= 11 is 12.1. The van der Waals surface area contributed by atoms with Gasteiger partial charge in [0.1, 0.15) is 5.82 Å². The number of halogens is 3. The second-order valence-electron chi connectivity index (χ2n) is 5.61. The molecule has 1 atom stereocenters. The molecule has 1 aromatic carbocycles. The molecule has 1 aromatic heterocycles. The summed E-state index contributed by atoms with van der Waals surface area (Å²) in [6, 6.07) is 9.17. The monoisotopic (exact) mass is 493 g/mol. The highest BCUT2D eigenvalue weighted by Crippen LogP contribution is 2.26. The minimum Gasteiger partial charge on any atom is -0.370 e. The number of rotatable bonds is 5. The van der Waals surface area contributed by atoms with E-state index in [0.717, 1.165) is 16.9 Å². The third-order valence-corrected chi connectivity index (χ3v) is 4.07. The average molecular weight is 494 g/mol. The van der Waals surface area contributed by atoms with Crippen molar-refractivity contribution in [3.8, 4) is 0 Å². The largest absolute Gasteiger partial charge is 0.370 e. The Morgan fingerprint density at radius 3 is 2.68 bits per heavy atom. The van der Waals surface area contributed by atoms with Gasteiger partial charge >= 0.3 is 0 Å². The summed E-state index contributed by atoms with van der Waals surface area (Å²) in [4.78, 5) is 10.7. The molecule has 0 saturated heterocycles. The number of aliphatic imine (C=N–C) groups is 1. The molecule has 0 saturated carbocycles. The molecule has 136 valence electrons. The number of benzene rings is 1. The van der Waals surface area contributed by atoms with Gasteiger partial charge in [0.05, 0.1) is 12.6 Å². The molecule has 0 aliphatic carbocycles. The Morgan fingerprint density at radius 2 is 2.04 bits per heavy atom. The molecule has 1 unspecified atom stereocenters. The summed E-state index contributed by atoms with van der Waals surface area (Å²) in [5.41, 5.74) is 7.92. The van der Waals surface area contributed by atoms with E-state index in [-0.39, 0.29) is 30.0 Å². The second kappa shape index (κ2) is 10.0. The van der Waals surface area contributed by atoms with Crippen LogP contribution in [0.1, 0.15) is 24.1 Å². The predicted molar refractivity (Wildman–Crippen MR) is 117 cm³/mol. The number of aromatic nitrogens is 1. The molecule has 2 rings (SSSR count). The minimum absolute atomic E-state index is 0. The average Bonchev–Trinajstić information content (AvgIpc) is 2.52. The maximum atomic E-state index is 6.22. The molecule has 0 bridgehead atoms. The van der Waals surface area contributed by atoms with Gasteiger partial charge in [-0.1, -0.05) is 35.3 Å². The lowest BCUT2D eigenvalue weighted by Crippen LogP contribution is -2.34. The van der Waals surface area contributed by atoms with Crippen molar-refractivity contribution in [3.05, 3.63) is 57.7 Å². The normalized spacial score (nSPS) is 12.3. The SMILES string of the molecule is CC(NC(N)=NCc1cccnc1N(C)C)c1ccc(Cl)cc1Cl.I. The van der Waals surface area contributed by atoms with Gasteiger partial charge in [-0.05, 0) is 30.7 Å². The Kier molecular flexibility index (Phi) is 8.75. The highest BCUT2D eigenvalue weighted by atomic mass is 127. The van der Waals surface area contributed by atoms with E-state index in [9.17, 15) is 0 Å². The molecule has 2 aromatic rings. The van der Waals surface area contributed by atoms with E-state index in [2.05, 4.69) is 15.3 Å². The molecule has 0 amide bonds. The van der Waals surface area contributed by atoms with E-state index in [1.807, 2.05) is 44.1 Å². The Morgan fingerprint density at radius 1 is 1.32 bits per heavy atom. The zero-order valence-electron chi connectivity index (χ0n) is 14.3. The van der Waals surface area contributed by atoms with Crippen LogP contribution >= 0.6 is 47.2 Å². The quantitative estimate of drug-likeness (QED) is 0.371. The molecule has 0 fully saturated rings. The first-order valence-electron chi connectivity index (χ1n) is 7.51. The Bertz CT molecular complexity index is 737. The Hall–Kier alpha value is -1.25. The van der Waals surface area contributed by atoms with Crippen molar-refractivity contribution in [2.75, 3.05) is 19.0 Å². The molecular formula is C17H22Cl2IN5. The molecular weight excluding hydrogens is 472 g/mol. The number of nitrogens with one attached hydrogen (secondary N) is 1. The maximum Gasteiger partial charge on any atom is 0.189 e. The third kappa shape index (κ3) is 6.20. The predicted octanol–water partition coefficient (Wildman–Crippen LogP) is 4.24. The van der Waals surface area contributed by atoms with Crippen molar-refractivity contribution in [1.82, 2.24) is 10.3 Å². The number of guanidine groups is 1. The van der Waals surface area contributed by atoms with Crippen LogP contribution in [0.2, 0.25) is 10.0 Å². The molecule has 0 aliphatic heterocycles. The smallest absolute Gasteiger partial charge is 0.189 e. The van der Waals surface area contributed by atoms with Crippen molar-refractivity contribution in [1.29, 1.82) is 0 Å². The van der Waals surface area contributed by atoms with Gasteiger partial charge in [0.2, 0.25) is 0 Å². The van der Waals surface area contributed by atoms with Crippen LogP contribution in [-0.4, -0.2) is 25.0 Å². The fraction of sp³-hybridized carbons (Fsp3) is 0.294. The number of pyridine rings is 1. The van der Waals surface area contributed by atoms with Crippen LogP contribution in [0.5, 0.6) is 0 Å². The first-order valence-corrected chi connectivity index (χ1v) is 8.26. The van der Waals surface area contributed by atoms with E-state index in [4.69, 9.17) is 28.9 Å². The summed E-state index contributed by atoms with van der Waals surface area (Å²) in [6.07, 6.45) is 1.76. The van der Waals surface area contributed by atoms with Gasteiger partial charge in [-0.25, -0.2) is 9.98 Å². The summed E-state index contributed by atoms with van der Waals surface area (Å²) in [7, 11) is 3.89. The van der Waals surface area contributed by atoms with E-state index in [1.165, 1.54) is 0 Å². The van der Waals surface area contributed by atoms with Crippen molar-refractivity contribution in [2.24, 2.45) is 10.7 Å². The maximum absolute atomic E-state index is 6.22. The Labute approximate surface area is 175 Å². The number of hydrogen-bond acceptors (Lipinski definition) is 3. The van der Waals surface area contributed by atoms with Gasteiger partial charge in [-0.3, -0.25) is 0 Å². The molecule has 0 spiro atoms. The van der Waals surface area contributed by atoms with Gasteiger partial charge in [0.15, 0.2) is 5.96 Å². The first kappa shape index (κ1) is 21.8. The van der Waals surface area contributed by atoms with E-state index >= 15 is 0 Å². The highest BCUT2D eigenvalue weighted by Gasteiger charge is 2.11. The van der Waals surface area contributed by atoms with Gasteiger partial charge in [-0.15, -0.1) is 24.0 Å². The summed E-state index contributed by atoms with van der Waals surface area (Å²) in [5, 5.41) is 4.34. The number of hydrogen-bond donors (Lipinski definition) is 2. The first-order chi connectivity index (χ1) is 11.4. The van der Waals surface area contributed by atoms with Crippen molar-refractivity contribution < 1.29 is 0 Å². The third-order valence-electron chi connectivity index (χ3n) is 3.50. The van der Waals surface area contributed by atoms with Crippen LogP contribution in [-0.2, 0) is 6.54 Å². The van der Waals surface area contributed by atoms with Gasteiger partial charge in [-0.2, -0.15) is 0 Å². The van der Waals surface area contributed by atoms with Crippen LogP contribution in [0.25, 0.3) is 0 Å².